The zero-order chi connectivity index (χ0) is 13.7. The normalized spacial score (nSPS) is 19.8. The van der Waals surface area contributed by atoms with E-state index in [4.69, 9.17) is 0 Å². The Hall–Kier alpha value is -0.870. The van der Waals surface area contributed by atoms with Gasteiger partial charge in [0.05, 0.1) is 6.04 Å². The monoisotopic (exact) mass is 324 g/mol. The van der Waals surface area contributed by atoms with Gasteiger partial charge >= 0.3 is 0 Å². The van der Waals surface area contributed by atoms with Crippen LogP contribution in [0.1, 0.15) is 31.7 Å². The van der Waals surface area contributed by atoms with Gasteiger partial charge in [-0.25, -0.2) is 0 Å². The smallest absolute Gasteiger partial charge is 0.240 e. The van der Waals surface area contributed by atoms with Crippen molar-refractivity contribution in [1.82, 2.24) is 10.2 Å². The largest absolute Gasteiger partial charge is 0.337 e. The predicted molar refractivity (Wildman–Crippen MR) is 80.9 cm³/mol. The Labute approximate surface area is 123 Å². The maximum atomic E-state index is 12.4. The van der Waals surface area contributed by atoms with Gasteiger partial charge in [0, 0.05) is 17.6 Å². The van der Waals surface area contributed by atoms with E-state index in [1.165, 1.54) is 5.56 Å². The summed E-state index contributed by atoms with van der Waals surface area (Å²) < 4.78 is 1.08. The van der Waals surface area contributed by atoms with Crippen LogP contribution in [0, 0.1) is 0 Å². The van der Waals surface area contributed by atoms with Crippen molar-refractivity contribution in [3.05, 3.63) is 34.3 Å². The number of nitrogens with one attached hydrogen (secondary N) is 1. The van der Waals surface area contributed by atoms with Crippen LogP contribution in [0.15, 0.2) is 28.7 Å². The first-order valence-corrected chi connectivity index (χ1v) is 7.77. The third-order valence-electron chi connectivity index (χ3n) is 3.49. The Morgan fingerprint density at radius 1 is 1.42 bits per heavy atom. The van der Waals surface area contributed by atoms with Crippen molar-refractivity contribution >= 4 is 21.8 Å². The lowest BCUT2D eigenvalue weighted by Crippen LogP contribution is -2.50. The zero-order valence-electron chi connectivity index (χ0n) is 11.4. The number of hydrogen-bond donors (Lipinski definition) is 1. The highest BCUT2D eigenvalue weighted by Gasteiger charge is 2.28. The molecular formula is C15H21BrN2O. The predicted octanol–water partition coefficient (Wildman–Crippen LogP) is 2.94. The van der Waals surface area contributed by atoms with E-state index < -0.39 is 0 Å². The Morgan fingerprint density at radius 3 is 2.95 bits per heavy atom. The molecule has 1 fully saturated rings. The molecule has 1 aromatic carbocycles. The fraction of sp³-hybridized carbons (Fsp3) is 0.533. The topological polar surface area (TPSA) is 32.3 Å². The number of nitrogens with zero attached hydrogens (tertiary/aromatic N) is 1. The summed E-state index contributed by atoms with van der Waals surface area (Å²) >= 11 is 3.55. The van der Waals surface area contributed by atoms with Crippen LogP contribution in [-0.4, -0.2) is 29.9 Å². The van der Waals surface area contributed by atoms with Crippen molar-refractivity contribution in [3.8, 4) is 0 Å². The van der Waals surface area contributed by atoms with Crippen LogP contribution < -0.4 is 5.32 Å². The van der Waals surface area contributed by atoms with Crippen LogP contribution in [0.4, 0.5) is 0 Å². The molecule has 1 saturated heterocycles. The first-order chi connectivity index (χ1) is 9.22. The number of piperidine rings is 1. The minimum Gasteiger partial charge on any atom is -0.337 e. The quantitative estimate of drug-likeness (QED) is 0.903. The van der Waals surface area contributed by atoms with Gasteiger partial charge in [-0.2, -0.15) is 0 Å². The maximum Gasteiger partial charge on any atom is 0.240 e. The molecule has 0 radical (unpaired) electrons. The van der Waals surface area contributed by atoms with Crippen molar-refractivity contribution in [1.29, 1.82) is 0 Å². The number of carbonyl (C=O) groups is 1. The van der Waals surface area contributed by atoms with Gasteiger partial charge in [0.2, 0.25) is 5.91 Å². The first-order valence-electron chi connectivity index (χ1n) is 6.98. The lowest BCUT2D eigenvalue weighted by atomic mass is 10.0. The molecule has 0 aliphatic carbocycles. The summed E-state index contributed by atoms with van der Waals surface area (Å²) in [4.78, 5) is 14.4. The Balaban J connectivity index is 2.00. The number of carbonyl (C=O) groups excluding carboxylic acids is 1. The first kappa shape index (κ1) is 14.5. The van der Waals surface area contributed by atoms with Gasteiger partial charge in [-0.3, -0.25) is 4.79 Å². The minimum absolute atomic E-state index is 0.0104. The van der Waals surface area contributed by atoms with E-state index in [0.717, 1.165) is 36.8 Å². The summed E-state index contributed by atoms with van der Waals surface area (Å²) in [6.45, 7) is 4.60. The summed E-state index contributed by atoms with van der Waals surface area (Å²) in [5.41, 5.74) is 1.17. The van der Waals surface area contributed by atoms with Crippen molar-refractivity contribution < 1.29 is 4.79 Å². The Kier molecular flexibility index (Phi) is 5.40. The molecule has 1 aliphatic heterocycles. The van der Waals surface area contributed by atoms with E-state index in [2.05, 4.69) is 34.2 Å². The number of benzene rings is 1. The van der Waals surface area contributed by atoms with Crippen LogP contribution in [0.2, 0.25) is 0 Å². The van der Waals surface area contributed by atoms with Gasteiger partial charge in [0.1, 0.15) is 0 Å². The number of amides is 1. The molecule has 2 rings (SSSR count). The van der Waals surface area contributed by atoms with E-state index >= 15 is 0 Å². The molecule has 1 N–H and O–H groups in total. The average molecular weight is 325 g/mol. The SMILES string of the molecule is CCCNC1CCCN(Cc2ccccc2Br)C1=O. The highest BCUT2D eigenvalue weighted by atomic mass is 79.9. The molecule has 1 aromatic rings. The van der Waals surface area contributed by atoms with E-state index in [1.54, 1.807) is 0 Å². The number of halogens is 1. The van der Waals surface area contributed by atoms with Gasteiger partial charge in [-0.15, -0.1) is 0 Å². The Morgan fingerprint density at radius 2 is 2.21 bits per heavy atom. The van der Waals surface area contributed by atoms with Crippen LogP contribution in [0.5, 0.6) is 0 Å². The minimum atomic E-state index is 0.0104. The third-order valence-corrected chi connectivity index (χ3v) is 4.26. The molecular weight excluding hydrogens is 304 g/mol. The van der Waals surface area contributed by atoms with Crippen molar-refractivity contribution in [2.75, 3.05) is 13.1 Å². The molecule has 0 bridgehead atoms. The van der Waals surface area contributed by atoms with E-state index in [-0.39, 0.29) is 11.9 Å². The maximum absolute atomic E-state index is 12.4. The molecule has 4 heteroatoms. The van der Waals surface area contributed by atoms with Crippen LogP contribution in [0.3, 0.4) is 0 Å². The number of likely N-dealkylation sites (tertiary alicyclic amines) is 1. The Bertz CT molecular complexity index is 436. The molecule has 3 nitrogen and oxygen atoms in total. The second-order valence-corrected chi connectivity index (χ2v) is 5.85. The summed E-state index contributed by atoms with van der Waals surface area (Å²) in [6, 6.07) is 8.12. The second kappa shape index (κ2) is 7.06. The molecule has 0 spiro atoms. The van der Waals surface area contributed by atoms with Crippen LogP contribution in [0.25, 0.3) is 0 Å². The molecule has 0 saturated carbocycles. The molecule has 1 heterocycles. The van der Waals surface area contributed by atoms with Gasteiger partial charge in [0.15, 0.2) is 0 Å². The van der Waals surface area contributed by atoms with Crippen molar-refractivity contribution in [2.24, 2.45) is 0 Å². The van der Waals surface area contributed by atoms with Gasteiger partial charge in [-0.1, -0.05) is 41.1 Å². The van der Waals surface area contributed by atoms with Gasteiger partial charge in [0.25, 0.3) is 0 Å². The molecule has 1 aliphatic rings. The van der Waals surface area contributed by atoms with Crippen molar-refractivity contribution in [2.45, 2.75) is 38.8 Å². The highest BCUT2D eigenvalue weighted by molar-refractivity contribution is 9.10. The number of hydrogen-bond acceptors (Lipinski definition) is 2. The molecule has 1 unspecified atom stereocenters. The summed E-state index contributed by atoms with van der Waals surface area (Å²) in [6.07, 6.45) is 3.11. The van der Waals surface area contributed by atoms with Gasteiger partial charge < -0.3 is 10.2 Å². The molecule has 0 aromatic heterocycles. The lowest BCUT2D eigenvalue weighted by molar-refractivity contribution is -0.136. The molecule has 19 heavy (non-hydrogen) atoms. The fourth-order valence-electron chi connectivity index (χ4n) is 2.44. The van der Waals surface area contributed by atoms with Gasteiger partial charge in [-0.05, 0) is 37.4 Å². The van der Waals surface area contributed by atoms with Crippen LogP contribution in [-0.2, 0) is 11.3 Å². The second-order valence-electron chi connectivity index (χ2n) is 5.00. The average Bonchev–Trinajstić information content (AvgIpc) is 2.42. The summed E-state index contributed by atoms with van der Waals surface area (Å²) in [5, 5.41) is 3.35. The molecule has 1 amide bonds. The highest BCUT2D eigenvalue weighted by Crippen LogP contribution is 2.20. The summed E-state index contributed by atoms with van der Waals surface area (Å²) in [7, 11) is 0. The lowest BCUT2D eigenvalue weighted by Gasteiger charge is -2.33. The van der Waals surface area contributed by atoms with E-state index in [1.807, 2.05) is 23.1 Å². The van der Waals surface area contributed by atoms with Crippen LogP contribution >= 0.6 is 15.9 Å². The van der Waals surface area contributed by atoms with E-state index in [9.17, 15) is 4.79 Å². The molecule has 1 atom stereocenters. The third kappa shape index (κ3) is 3.80. The molecule has 104 valence electrons. The van der Waals surface area contributed by atoms with Crippen molar-refractivity contribution in [3.63, 3.8) is 0 Å². The fourth-order valence-corrected chi connectivity index (χ4v) is 2.85. The standard InChI is InChI=1S/C15H21BrN2O/c1-2-9-17-14-8-5-10-18(15(14)19)11-12-6-3-4-7-13(12)16/h3-4,6-7,14,17H,2,5,8-11H2,1H3. The zero-order valence-corrected chi connectivity index (χ0v) is 12.9. The number of rotatable bonds is 5. The summed E-state index contributed by atoms with van der Waals surface area (Å²) in [5.74, 6) is 0.246. The van der Waals surface area contributed by atoms with E-state index in [0.29, 0.717) is 6.54 Å².